The maximum Gasteiger partial charge on any atom is 0.409 e. The van der Waals surface area contributed by atoms with Crippen LogP contribution in [0.4, 0.5) is 14.4 Å². The van der Waals surface area contributed by atoms with Crippen molar-refractivity contribution in [1.82, 2.24) is 15.5 Å². The monoisotopic (exact) mass is 361 g/mol. The highest BCUT2D eigenvalue weighted by Gasteiger charge is 2.14. The second-order valence-electron chi connectivity index (χ2n) is 5.04. The highest BCUT2D eigenvalue weighted by molar-refractivity contribution is 5.68. The van der Waals surface area contributed by atoms with Crippen LogP contribution >= 0.6 is 0 Å². The predicted octanol–water partition coefficient (Wildman–Crippen LogP) is 2.11. The van der Waals surface area contributed by atoms with Crippen molar-refractivity contribution >= 4 is 18.3 Å². The van der Waals surface area contributed by atoms with E-state index in [1.165, 1.54) is 0 Å². The molecule has 0 fully saturated rings. The van der Waals surface area contributed by atoms with Gasteiger partial charge in [0.15, 0.2) is 0 Å². The summed E-state index contributed by atoms with van der Waals surface area (Å²) in [6, 6.07) is 0. The van der Waals surface area contributed by atoms with Crippen LogP contribution in [0.3, 0.4) is 0 Å². The van der Waals surface area contributed by atoms with Gasteiger partial charge in [-0.15, -0.1) is 0 Å². The molecule has 0 aromatic rings. The van der Waals surface area contributed by atoms with E-state index in [2.05, 4.69) is 10.6 Å². The lowest BCUT2D eigenvalue weighted by atomic mass is 10.3. The van der Waals surface area contributed by atoms with Gasteiger partial charge in [-0.25, -0.2) is 14.4 Å². The van der Waals surface area contributed by atoms with Crippen LogP contribution in [0.5, 0.6) is 0 Å². The molecule has 0 bridgehead atoms. The van der Waals surface area contributed by atoms with E-state index in [4.69, 9.17) is 14.2 Å². The van der Waals surface area contributed by atoms with E-state index in [0.29, 0.717) is 52.4 Å². The molecule has 146 valence electrons. The standard InChI is InChI=1S/C16H31N3O6/c1-4-23-14(20)17-10-7-8-12-19(16(22)25-6-3)13-9-11-18-15(21)24-5-2/h4-13H2,1-3H3,(H,17,20)(H,18,21). The van der Waals surface area contributed by atoms with Crippen LogP contribution < -0.4 is 10.6 Å². The summed E-state index contributed by atoms with van der Waals surface area (Å²) in [5.41, 5.74) is 0. The molecule has 0 aromatic carbocycles. The smallest absolute Gasteiger partial charge is 0.409 e. The number of hydrogen-bond acceptors (Lipinski definition) is 6. The van der Waals surface area contributed by atoms with E-state index in [1.807, 2.05) is 0 Å². The van der Waals surface area contributed by atoms with Crippen molar-refractivity contribution in [3.05, 3.63) is 0 Å². The zero-order valence-electron chi connectivity index (χ0n) is 15.5. The molecule has 9 heteroatoms. The summed E-state index contributed by atoms with van der Waals surface area (Å²) in [6.07, 6.45) is 0.757. The number of carbonyl (C=O) groups is 3. The molecule has 0 atom stereocenters. The number of alkyl carbamates (subject to hydrolysis) is 2. The minimum Gasteiger partial charge on any atom is -0.450 e. The lowest BCUT2D eigenvalue weighted by Crippen LogP contribution is -2.36. The SMILES string of the molecule is CCOC(=O)NCCCCN(CCCNC(=O)OCC)C(=O)OCC. The predicted molar refractivity (Wildman–Crippen MR) is 92.5 cm³/mol. The molecule has 0 aromatic heterocycles. The third-order valence-corrected chi connectivity index (χ3v) is 3.08. The van der Waals surface area contributed by atoms with Crippen molar-refractivity contribution in [3.8, 4) is 0 Å². The second-order valence-corrected chi connectivity index (χ2v) is 5.04. The Kier molecular flexibility index (Phi) is 14.0. The summed E-state index contributed by atoms with van der Waals surface area (Å²) >= 11 is 0. The maximum absolute atomic E-state index is 11.9. The third kappa shape index (κ3) is 12.8. The Bertz CT molecular complexity index is 392. The zero-order chi connectivity index (χ0) is 18.9. The molecule has 3 amide bonds. The lowest BCUT2D eigenvalue weighted by molar-refractivity contribution is 0.105. The molecule has 0 aliphatic rings. The molecule has 0 rings (SSSR count). The number of nitrogens with zero attached hydrogens (tertiary/aromatic N) is 1. The molecule has 25 heavy (non-hydrogen) atoms. The van der Waals surface area contributed by atoms with Gasteiger partial charge in [0.2, 0.25) is 0 Å². The molecule has 0 radical (unpaired) electrons. The van der Waals surface area contributed by atoms with Gasteiger partial charge in [-0.05, 0) is 40.0 Å². The van der Waals surface area contributed by atoms with E-state index in [0.717, 1.165) is 12.8 Å². The van der Waals surface area contributed by atoms with Crippen LogP contribution in [-0.4, -0.2) is 69.2 Å². The molecule has 0 spiro atoms. The van der Waals surface area contributed by atoms with Crippen molar-refractivity contribution in [3.63, 3.8) is 0 Å². The molecule has 2 N–H and O–H groups in total. The Morgan fingerprint density at radius 3 is 1.72 bits per heavy atom. The van der Waals surface area contributed by atoms with Gasteiger partial charge >= 0.3 is 18.3 Å². The van der Waals surface area contributed by atoms with Crippen molar-refractivity contribution in [2.45, 2.75) is 40.0 Å². The number of ether oxygens (including phenoxy) is 3. The molecule has 0 heterocycles. The molecule has 0 saturated carbocycles. The van der Waals surface area contributed by atoms with E-state index in [1.54, 1.807) is 25.7 Å². The normalized spacial score (nSPS) is 9.88. The summed E-state index contributed by atoms with van der Waals surface area (Å²) in [7, 11) is 0. The van der Waals surface area contributed by atoms with Crippen molar-refractivity contribution < 1.29 is 28.6 Å². The third-order valence-electron chi connectivity index (χ3n) is 3.08. The molecular weight excluding hydrogens is 330 g/mol. The van der Waals surface area contributed by atoms with E-state index in [9.17, 15) is 14.4 Å². The van der Waals surface area contributed by atoms with Gasteiger partial charge in [0.05, 0.1) is 19.8 Å². The van der Waals surface area contributed by atoms with Gasteiger partial charge in [0.1, 0.15) is 0 Å². The number of unbranched alkanes of at least 4 members (excludes halogenated alkanes) is 1. The van der Waals surface area contributed by atoms with E-state index >= 15 is 0 Å². The zero-order valence-corrected chi connectivity index (χ0v) is 15.5. The second kappa shape index (κ2) is 15.3. The van der Waals surface area contributed by atoms with Crippen LogP contribution in [0.2, 0.25) is 0 Å². The molecule has 0 saturated heterocycles. The fraction of sp³-hybridized carbons (Fsp3) is 0.812. The molecule has 0 unspecified atom stereocenters. The molecule has 0 aliphatic heterocycles. The van der Waals surface area contributed by atoms with E-state index in [-0.39, 0.29) is 6.09 Å². The number of carbonyl (C=O) groups excluding carboxylic acids is 3. The van der Waals surface area contributed by atoms with Gasteiger partial charge in [-0.3, -0.25) is 0 Å². The largest absolute Gasteiger partial charge is 0.450 e. The molecular formula is C16H31N3O6. The first-order valence-corrected chi connectivity index (χ1v) is 8.78. The maximum atomic E-state index is 11.9. The lowest BCUT2D eigenvalue weighted by Gasteiger charge is -2.22. The Hall–Kier alpha value is -2.19. The number of hydrogen-bond donors (Lipinski definition) is 2. The van der Waals surface area contributed by atoms with Crippen LogP contribution in [-0.2, 0) is 14.2 Å². The van der Waals surface area contributed by atoms with Crippen molar-refractivity contribution in [2.24, 2.45) is 0 Å². The average Bonchev–Trinajstić information content (AvgIpc) is 2.57. The number of amides is 3. The number of rotatable bonds is 12. The summed E-state index contributed by atoms with van der Waals surface area (Å²) in [5.74, 6) is 0. The topological polar surface area (TPSA) is 106 Å². The summed E-state index contributed by atoms with van der Waals surface area (Å²) in [4.78, 5) is 35.9. The van der Waals surface area contributed by atoms with Crippen LogP contribution in [0.1, 0.15) is 40.0 Å². The fourth-order valence-corrected chi connectivity index (χ4v) is 1.95. The van der Waals surface area contributed by atoms with Crippen LogP contribution in [0.15, 0.2) is 0 Å². The highest BCUT2D eigenvalue weighted by atomic mass is 16.6. The summed E-state index contributed by atoms with van der Waals surface area (Å²) < 4.78 is 14.6. The highest BCUT2D eigenvalue weighted by Crippen LogP contribution is 2.01. The Balaban J connectivity index is 4.03. The fourth-order valence-electron chi connectivity index (χ4n) is 1.95. The average molecular weight is 361 g/mol. The molecule has 9 nitrogen and oxygen atoms in total. The minimum absolute atomic E-state index is 0.306. The van der Waals surface area contributed by atoms with Gasteiger partial charge in [0, 0.05) is 26.2 Å². The Morgan fingerprint density at radius 1 is 0.720 bits per heavy atom. The summed E-state index contributed by atoms with van der Waals surface area (Å²) in [6.45, 7) is 8.08. The quantitative estimate of drug-likeness (QED) is 0.407. The van der Waals surface area contributed by atoms with Crippen molar-refractivity contribution in [2.75, 3.05) is 46.0 Å². The van der Waals surface area contributed by atoms with Crippen molar-refractivity contribution in [1.29, 1.82) is 0 Å². The van der Waals surface area contributed by atoms with Gasteiger partial charge in [-0.1, -0.05) is 0 Å². The summed E-state index contributed by atoms with van der Waals surface area (Å²) in [5, 5.41) is 5.24. The van der Waals surface area contributed by atoms with E-state index < -0.39 is 12.2 Å². The van der Waals surface area contributed by atoms with Gasteiger partial charge in [-0.2, -0.15) is 0 Å². The van der Waals surface area contributed by atoms with Gasteiger partial charge < -0.3 is 29.7 Å². The number of nitrogens with one attached hydrogen (secondary N) is 2. The first kappa shape index (κ1) is 22.8. The van der Waals surface area contributed by atoms with Gasteiger partial charge in [0.25, 0.3) is 0 Å². The first-order chi connectivity index (χ1) is 12.0. The Labute approximate surface area is 149 Å². The minimum atomic E-state index is -0.463. The van der Waals surface area contributed by atoms with Crippen LogP contribution in [0, 0.1) is 0 Å². The first-order valence-electron chi connectivity index (χ1n) is 8.78. The van der Waals surface area contributed by atoms with Crippen LogP contribution in [0.25, 0.3) is 0 Å². The Morgan fingerprint density at radius 2 is 1.20 bits per heavy atom. The molecule has 0 aliphatic carbocycles.